The average molecular weight is 344 g/mol. The molecule has 2 aromatic rings. The molecule has 132 valence electrons. The quantitative estimate of drug-likeness (QED) is 0.747. The SMILES string of the molecule is COc1ccc(OC(C)C(=O)NNC(=O)COc2ccccc2)cc1. The van der Waals surface area contributed by atoms with Gasteiger partial charge in [0.05, 0.1) is 7.11 Å². The lowest BCUT2D eigenvalue weighted by atomic mass is 10.3. The Morgan fingerprint density at radius 3 is 2.20 bits per heavy atom. The van der Waals surface area contributed by atoms with Crippen LogP contribution in [0, 0.1) is 0 Å². The molecular weight excluding hydrogens is 324 g/mol. The summed E-state index contributed by atoms with van der Waals surface area (Å²) in [7, 11) is 1.57. The molecule has 1 unspecified atom stereocenters. The minimum atomic E-state index is -0.788. The van der Waals surface area contributed by atoms with Crippen LogP contribution in [0.1, 0.15) is 6.92 Å². The van der Waals surface area contributed by atoms with Crippen molar-refractivity contribution in [2.24, 2.45) is 0 Å². The Bertz CT molecular complexity index is 688. The van der Waals surface area contributed by atoms with Crippen LogP contribution in [-0.4, -0.2) is 31.6 Å². The highest BCUT2D eigenvalue weighted by Gasteiger charge is 2.15. The monoisotopic (exact) mass is 344 g/mol. The van der Waals surface area contributed by atoms with Gasteiger partial charge in [0.25, 0.3) is 11.8 Å². The highest BCUT2D eigenvalue weighted by molar-refractivity contribution is 5.85. The predicted octanol–water partition coefficient (Wildman–Crippen LogP) is 1.69. The van der Waals surface area contributed by atoms with Gasteiger partial charge in [-0.15, -0.1) is 0 Å². The molecule has 0 aliphatic carbocycles. The van der Waals surface area contributed by atoms with E-state index in [-0.39, 0.29) is 6.61 Å². The summed E-state index contributed by atoms with van der Waals surface area (Å²) in [6.07, 6.45) is -0.788. The molecular formula is C18H20N2O5. The van der Waals surface area contributed by atoms with Gasteiger partial charge in [-0.3, -0.25) is 20.4 Å². The molecule has 7 nitrogen and oxygen atoms in total. The Labute approximate surface area is 145 Å². The number of ether oxygens (including phenoxy) is 3. The van der Waals surface area contributed by atoms with E-state index in [0.717, 1.165) is 0 Å². The van der Waals surface area contributed by atoms with Crippen molar-refractivity contribution in [3.05, 3.63) is 54.6 Å². The fourth-order valence-corrected chi connectivity index (χ4v) is 1.85. The largest absolute Gasteiger partial charge is 0.497 e. The standard InChI is InChI=1S/C18H20N2O5/c1-13(25-16-10-8-14(23-2)9-11-16)18(22)20-19-17(21)12-24-15-6-4-3-5-7-15/h3-11,13H,12H2,1-2H3,(H,19,21)(H,20,22). The zero-order valence-electron chi connectivity index (χ0n) is 14.0. The number of para-hydroxylation sites is 1. The first-order valence-corrected chi connectivity index (χ1v) is 7.65. The first-order chi connectivity index (χ1) is 12.1. The minimum Gasteiger partial charge on any atom is -0.497 e. The topological polar surface area (TPSA) is 85.9 Å². The van der Waals surface area contributed by atoms with Crippen LogP contribution in [0.4, 0.5) is 0 Å². The molecule has 7 heteroatoms. The second-order valence-corrected chi connectivity index (χ2v) is 5.07. The molecule has 0 saturated carbocycles. The van der Waals surface area contributed by atoms with Gasteiger partial charge in [0.15, 0.2) is 12.7 Å². The van der Waals surface area contributed by atoms with Crippen LogP contribution in [0.15, 0.2) is 54.6 Å². The van der Waals surface area contributed by atoms with E-state index < -0.39 is 17.9 Å². The number of benzene rings is 2. The molecule has 25 heavy (non-hydrogen) atoms. The van der Waals surface area contributed by atoms with Gasteiger partial charge >= 0.3 is 0 Å². The van der Waals surface area contributed by atoms with E-state index >= 15 is 0 Å². The summed E-state index contributed by atoms with van der Waals surface area (Å²) in [6.45, 7) is 1.37. The van der Waals surface area contributed by atoms with E-state index in [1.54, 1.807) is 62.6 Å². The summed E-state index contributed by atoms with van der Waals surface area (Å²) in [5.74, 6) is 0.815. The maximum Gasteiger partial charge on any atom is 0.279 e. The van der Waals surface area contributed by atoms with Crippen LogP contribution in [-0.2, 0) is 9.59 Å². The number of carbonyl (C=O) groups is 2. The molecule has 0 bridgehead atoms. The molecule has 0 fully saturated rings. The Hall–Kier alpha value is -3.22. The summed E-state index contributed by atoms with van der Waals surface area (Å²) in [6, 6.07) is 15.7. The van der Waals surface area contributed by atoms with Gasteiger partial charge in [0.2, 0.25) is 0 Å². The maximum absolute atomic E-state index is 11.9. The number of hydrogen-bond donors (Lipinski definition) is 2. The number of carbonyl (C=O) groups excluding carboxylic acids is 2. The predicted molar refractivity (Wildman–Crippen MR) is 91.3 cm³/mol. The summed E-state index contributed by atoms with van der Waals surface area (Å²) in [5, 5.41) is 0. The zero-order valence-corrected chi connectivity index (χ0v) is 14.0. The Balaban J connectivity index is 1.71. The summed E-state index contributed by atoms with van der Waals surface area (Å²) in [4.78, 5) is 23.6. The first kappa shape index (κ1) is 18.1. The molecule has 0 spiro atoms. The van der Waals surface area contributed by atoms with Gasteiger partial charge in [0.1, 0.15) is 17.2 Å². The summed E-state index contributed by atoms with van der Waals surface area (Å²) < 4.78 is 15.8. The summed E-state index contributed by atoms with van der Waals surface area (Å²) in [5.41, 5.74) is 4.57. The highest BCUT2D eigenvalue weighted by atomic mass is 16.5. The smallest absolute Gasteiger partial charge is 0.279 e. The fraction of sp³-hybridized carbons (Fsp3) is 0.222. The van der Waals surface area contributed by atoms with Gasteiger partial charge in [-0.1, -0.05) is 18.2 Å². The fourth-order valence-electron chi connectivity index (χ4n) is 1.85. The second kappa shape index (κ2) is 9.17. The van der Waals surface area contributed by atoms with Gasteiger partial charge in [-0.2, -0.15) is 0 Å². The molecule has 0 aliphatic rings. The van der Waals surface area contributed by atoms with Crippen LogP contribution >= 0.6 is 0 Å². The van der Waals surface area contributed by atoms with Crippen molar-refractivity contribution < 1.29 is 23.8 Å². The van der Waals surface area contributed by atoms with Crippen molar-refractivity contribution in [1.29, 1.82) is 0 Å². The van der Waals surface area contributed by atoms with Crippen molar-refractivity contribution in [3.8, 4) is 17.2 Å². The lowest BCUT2D eigenvalue weighted by Gasteiger charge is -2.15. The van der Waals surface area contributed by atoms with Crippen LogP contribution in [0.3, 0.4) is 0 Å². The van der Waals surface area contributed by atoms with Crippen molar-refractivity contribution in [2.75, 3.05) is 13.7 Å². The van der Waals surface area contributed by atoms with Crippen molar-refractivity contribution >= 4 is 11.8 Å². The molecule has 0 saturated heterocycles. The van der Waals surface area contributed by atoms with Gasteiger partial charge in [0, 0.05) is 0 Å². The molecule has 2 N–H and O–H groups in total. The third-order valence-electron chi connectivity index (χ3n) is 3.18. The van der Waals surface area contributed by atoms with Crippen LogP contribution in [0.5, 0.6) is 17.2 Å². The van der Waals surface area contributed by atoms with E-state index in [4.69, 9.17) is 14.2 Å². The molecule has 0 heterocycles. The Morgan fingerprint density at radius 1 is 0.920 bits per heavy atom. The summed E-state index contributed by atoms with van der Waals surface area (Å²) >= 11 is 0. The van der Waals surface area contributed by atoms with Crippen LogP contribution in [0.25, 0.3) is 0 Å². The molecule has 0 radical (unpaired) electrons. The average Bonchev–Trinajstić information content (AvgIpc) is 2.65. The van der Waals surface area contributed by atoms with Crippen LogP contribution < -0.4 is 25.1 Å². The van der Waals surface area contributed by atoms with E-state index in [2.05, 4.69) is 10.9 Å². The zero-order chi connectivity index (χ0) is 18.1. The molecule has 2 rings (SSSR count). The lowest BCUT2D eigenvalue weighted by molar-refractivity contribution is -0.133. The molecule has 0 aromatic heterocycles. The molecule has 2 amide bonds. The number of nitrogens with one attached hydrogen (secondary N) is 2. The molecule has 1 atom stereocenters. The minimum absolute atomic E-state index is 0.210. The van der Waals surface area contributed by atoms with E-state index in [1.807, 2.05) is 6.07 Å². The molecule has 0 aliphatic heterocycles. The van der Waals surface area contributed by atoms with Crippen LogP contribution in [0.2, 0.25) is 0 Å². The third-order valence-corrected chi connectivity index (χ3v) is 3.18. The molecule has 2 aromatic carbocycles. The Kier molecular flexibility index (Phi) is 6.65. The van der Waals surface area contributed by atoms with E-state index in [0.29, 0.717) is 17.2 Å². The number of rotatable bonds is 7. The maximum atomic E-state index is 11.9. The van der Waals surface area contributed by atoms with E-state index in [1.165, 1.54) is 0 Å². The first-order valence-electron chi connectivity index (χ1n) is 7.65. The van der Waals surface area contributed by atoms with E-state index in [9.17, 15) is 9.59 Å². The Morgan fingerprint density at radius 2 is 1.56 bits per heavy atom. The van der Waals surface area contributed by atoms with Gasteiger partial charge < -0.3 is 14.2 Å². The van der Waals surface area contributed by atoms with Crippen molar-refractivity contribution in [3.63, 3.8) is 0 Å². The van der Waals surface area contributed by atoms with Crippen molar-refractivity contribution in [1.82, 2.24) is 10.9 Å². The lowest BCUT2D eigenvalue weighted by Crippen LogP contribution is -2.48. The van der Waals surface area contributed by atoms with Gasteiger partial charge in [-0.25, -0.2) is 0 Å². The van der Waals surface area contributed by atoms with Crippen molar-refractivity contribution in [2.45, 2.75) is 13.0 Å². The van der Waals surface area contributed by atoms with Gasteiger partial charge in [-0.05, 0) is 43.3 Å². The normalized spacial score (nSPS) is 11.1. The number of amides is 2. The number of hydrogen-bond acceptors (Lipinski definition) is 5. The number of hydrazine groups is 1. The second-order valence-electron chi connectivity index (χ2n) is 5.07. The highest BCUT2D eigenvalue weighted by Crippen LogP contribution is 2.18. The number of methoxy groups -OCH3 is 1. The third kappa shape index (κ3) is 6.06.